The van der Waals surface area contributed by atoms with E-state index in [0.29, 0.717) is 36.8 Å². The molecule has 1 saturated carbocycles. The molecular weight excluding hydrogens is 457 g/mol. The van der Waals surface area contributed by atoms with E-state index in [4.69, 9.17) is 0 Å². The fraction of sp³-hybridized carbons (Fsp3) is 0.667. The molecule has 4 atom stereocenters. The minimum Gasteiger partial charge on any atom is -0.359 e. The van der Waals surface area contributed by atoms with Crippen LogP contribution in [0.3, 0.4) is 0 Å². The van der Waals surface area contributed by atoms with Gasteiger partial charge in [-0.1, -0.05) is 6.92 Å². The van der Waals surface area contributed by atoms with Crippen molar-refractivity contribution in [3.8, 4) is 0 Å². The molecule has 0 aromatic carbocycles. The van der Waals surface area contributed by atoms with Crippen molar-refractivity contribution in [3.63, 3.8) is 0 Å². The molecule has 2 aliphatic rings. The number of hydrogen-bond acceptors (Lipinski definition) is 7. The summed E-state index contributed by atoms with van der Waals surface area (Å²) in [5, 5.41) is 6.56. The van der Waals surface area contributed by atoms with Crippen LogP contribution in [0.15, 0.2) is 12.3 Å². The number of hydrogen-bond donors (Lipinski definition) is 2. The van der Waals surface area contributed by atoms with Crippen LogP contribution in [0.1, 0.15) is 51.4 Å². The van der Waals surface area contributed by atoms with Crippen LogP contribution in [-0.4, -0.2) is 65.0 Å². The minimum atomic E-state index is -3.26. The maximum atomic E-state index is 14.2. The largest absolute Gasteiger partial charge is 0.359 e. The molecule has 3 heterocycles. The summed E-state index contributed by atoms with van der Waals surface area (Å²) in [4.78, 5) is 13.1. The van der Waals surface area contributed by atoms with E-state index in [-0.39, 0.29) is 42.3 Å². The van der Waals surface area contributed by atoms with Crippen molar-refractivity contribution in [2.45, 2.75) is 63.7 Å². The van der Waals surface area contributed by atoms with Gasteiger partial charge < -0.3 is 10.6 Å². The molecule has 1 unspecified atom stereocenters. The van der Waals surface area contributed by atoms with Crippen molar-refractivity contribution < 1.29 is 21.6 Å². The first-order chi connectivity index (χ1) is 15.4. The number of piperidine rings is 1. The highest BCUT2D eigenvalue weighted by Gasteiger charge is 2.44. The molecule has 0 radical (unpaired) electrons. The van der Waals surface area contributed by atoms with Crippen LogP contribution < -0.4 is 10.6 Å². The number of fused-ring (bicyclic) bond motifs is 1. The molecule has 2 aromatic heterocycles. The molecule has 1 aliphatic heterocycles. The van der Waals surface area contributed by atoms with Crippen molar-refractivity contribution in [3.05, 3.63) is 18.0 Å². The number of anilines is 2. The maximum absolute atomic E-state index is 14.2. The van der Waals surface area contributed by atoms with Gasteiger partial charge in [0.1, 0.15) is 11.7 Å². The monoisotopic (exact) mass is 486 g/mol. The zero-order valence-corrected chi connectivity index (χ0v) is 19.7. The number of alkyl halides is 3. The van der Waals surface area contributed by atoms with E-state index in [1.165, 1.54) is 29.7 Å². The third kappa shape index (κ3) is 5.16. The van der Waals surface area contributed by atoms with Gasteiger partial charge in [-0.05, 0) is 38.2 Å². The molecule has 2 aromatic rings. The molecule has 1 saturated heterocycles. The van der Waals surface area contributed by atoms with Gasteiger partial charge in [-0.15, -0.1) is 0 Å². The highest BCUT2D eigenvalue weighted by Crippen LogP contribution is 2.38. The number of pyridine rings is 1. The zero-order chi connectivity index (χ0) is 24.0. The second-order valence-electron chi connectivity index (χ2n) is 9.13. The SMILES string of the molecule is CC(F)c1cc2cnc(N[C@H]3CCN(S(C)(=O)=O)C[C@H]3C)nc2c(N[C@H]2CCCC2(F)F)n1. The Hall–Kier alpha value is -2.21. The van der Waals surface area contributed by atoms with Crippen LogP contribution in [0.2, 0.25) is 0 Å². The quantitative estimate of drug-likeness (QED) is 0.642. The lowest BCUT2D eigenvalue weighted by Crippen LogP contribution is -2.47. The minimum absolute atomic E-state index is 0.00966. The van der Waals surface area contributed by atoms with Gasteiger partial charge in [0.25, 0.3) is 5.92 Å². The molecule has 4 rings (SSSR count). The van der Waals surface area contributed by atoms with Crippen molar-refractivity contribution >= 4 is 32.7 Å². The molecule has 1 aliphatic carbocycles. The fourth-order valence-electron chi connectivity index (χ4n) is 4.49. The molecule has 2 fully saturated rings. The summed E-state index contributed by atoms with van der Waals surface area (Å²) in [6.45, 7) is 4.05. The normalized spacial score (nSPS) is 26.9. The predicted molar refractivity (Wildman–Crippen MR) is 121 cm³/mol. The average molecular weight is 487 g/mol. The smallest absolute Gasteiger partial charge is 0.267 e. The Morgan fingerprint density at radius 2 is 2.00 bits per heavy atom. The number of aromatic nitrogens is 3. The Bertz CT molecular complexity index is 1130. The molecule has 33 heavy (non-hydrogen) atoms. The first-order valence-corrected chi connectivity index (χ1v) is 13.0. The molecular formula is C21H29F3N6O2S. The van der Waals surface area contributed by atoms with E-state index in [2.05, 4.69) is 25.6 Å². The van der Waals surface area contributed by atoms with E-state index < -0.39 is 28.2 Å². The predicted octanol–water partition coefficient (Wildman–Crippen LogP) is 3.74. The fourth-order valence-corrected chi connectivity index (χ4v) is 5.44. The van der Waals surface area contributed by atoms with E-state index >= 15 is 0 Å². The molecule has 0 spiro atoms. The van der Waals surface area contributed by atoms with Crippen LogP contribution in [-0.2, 0) is 10.0 Å². The average Bonchev–Trinajstić information content (AvgIpc) is 3.06. The highest BCUT2D eigenvalue weighted by molar-refractivity contribution is 7.88. The van der Waals surface area contributed by atoms with E-state index in [1.807, 2.05) is 6.92 Å². The summed E-state index contributed by atoms with van der Waals surface area (Å²) in [6, 6.07) is 0.369. The maximum Gasteiger partial charge on any atom is 0.267 e. The lowest BCUT2D eigenvalue weighted by molar-refractivity contribution is -0.000659. The summed E-state index contributed by atoms with van der Waals surface area (Å²) in [5.41, 5.74) is 0.457. The number of rotatable bonds is 6. The first kappa shape index (κ1) is 23.9. The molecule has 182 valence electrons. The van der Waals surface area contributed by atoms with E-state index in [9.17, 15) is 21.6 Å². The second kappa shape index (κ2) is 8.86. The number of halogens is 3. The van der Waals surface area contributed by atoms with Crippen molar-refractivity contribution in [2.24, 2.45) is 5.92 Å². The number of nitrogens with one attached hydrogen (secondary N) is 2. The summed E-state index contributed by atoms with van der Waals surface area (Å²) in [7, 11) is -3.26. The van der Waals surface area contributed by atoms with Gasteiger partial charge in [-0.3, -0.25) is 0 Å². The van der Waals surface area contributed by atoms with Crippen molar-refractivity contribution in [2.75, 3.05) is 30.0 Å². The molecule has 12 heteroatoms. The topological polar surface area (TPSA) is 100 Å². The standard InChI is InChI=1S/C21H29F3N6O2S/c1-12-11-30(33(3,31)32)8-6-15(12)27-20-25-10-14-9-16(13(2)22)26-19(18(14)29-20)28-17-5-4-7-21(17,23)24/h9-10,12-13,15,17H,4-8,11H2,1-3H3,(H,26,28)(H,25,27,29)/t12-,13?,15+,17+/m1/s1. The highest BCUT2D eigenvalue weighted by atomic mass is 32.2. The van der Waals surface area contributed by atoms with E-state index in [1.54, 1.807) is 0 Å². The lowest BCUT2D eigenvalue weighted by Gasteiger charge is -2.35. The molecule has 2 N–H and O–H groups in total. The Morgan fingerprint density at radius 1 is 1.24 bits per heavy atom. The number of sulfonamides is 1. The van der Waals surface area contributed by atoms with Gasteiger partial charge >= 0.3 is 0 Å². The summed E-state index contributed by atoms with van der Waals surface area (Å²) in [5.74, 6) is -2.46. The van der Waals surface area contributed by atoms with Crippen LogP contribution in [0.25, 0.3) is 10.9 Å². The Morgan fingerprint density at radius 3 is 2.61 bits per heavy atom. The zero-order valence-electron chi connectivity index (χ0n) is 18.9. The molecule has 0 amide bonds. The van der Waals surface area contributed by atoms with Gasteiger partial charge in [-0.2, -0.15) is 0 Å². The summed E-state index contributed by atoms with van der Waals surface area (Å²) >= 11 is 0. The second-order valence-corrected chi connectivity index (χ2v) is 11.1. The Labute approximate surface area is 191 Å². The Kier molecular flexibility index (Phi) is 6.43. The first-order valence-electron chi connectivity index (χ1n) is 11.1. The van der Waals surface area contributed by atoms with Crippen LogP contribution in [0.5, 0.6) is 0 Å². The van der Waals surface area contributed by atoms with E-state index in [0.717, 1.165) is 0 Å². The van der Waals surface area contributed by atoms with Crippen molar-refractivity contribution in [1.82, 2.24) is 19.3 Å². The summed E-state index contributed by atoms with van der Waals surface area (Å²) in [6.07, 6.45) is 2.40. The van der Waals surface area contributed by atoms with Gasteiger partial charge in [-0.25, -0.2) is 40.8 Å². The Balaban J connectivity index is 1.61. The third-order valence-corrected chi connectivity index (χ3v) is 7.74. The van der Waals surface area contributed by atoms with Gasteiger partial charge in [0.05, 0.1) is 18.0 Å². The summed E-state index contributed by atoms with van der Waals surface area (Å²) < 4.78 is 67.6. The van der Waals surface area contributed by atoms with Crippen LogP contribution in [0, 0.1) is 5.92 Å². The van der Waals surface area contributed by atoms with Gasteiger partial charge in [0, 0.05) is 37.1 Å². The van der Waals surface area contributed by atoms with Gasteiger partial charge in [0.2, 0.25) is 16.0 Å². The van der Waals surface area contributed by atoms with Crippen molar-refractivity contribution in [1.29, 1.82) is 0 Å². The van der Waals surface area contributed by atoms with Crippen LogP contribution in [0.4, 0.5) is 24.9 Å². The lowest BCUT2D eigenvalue weighted by atomic mass is 9.95. The third-order valence-electron chi connectivity index (χ3n) is 6.47. The van der Waals surface area contributed by atoms with Crippen LogP contribution >= 0.6 is 0 Å². The number of nitrogens with zero attached hydrogens (tertiary/aromatic N) is 4. The molecule has 8 nitrogen and oxygen atoms in total. The molecule has 0 bridgehead atoms. The van der Waals surface area contributed by atoms with Gasteiger partial charge in [0.15, 0.2) is 5.82 Å².